The van der Waals surface area contributed by atoms with Crippen LogP contribution in [0.1, 0.15) is 38.5 Å². The standard InChI is InChI=1S/C28H35ClN6O4S/c1-38-25-13-12-21(39-17-16-35-14-6-7-15-35)18-24(25)32-28-30-19-22(29)27(33-28)31-23-10-4-5-11-26(23)40(36,37)34-20-8-2-3-9-20/h4-5,10-13,18-20,34H,2-3,6-9,14-17H2,1H3,(H2,30,31,32,33). The molecular weight excluding hydrogens is 552 g/mol. The average molecular weight is 587 g/mol. The van der Waals surface area contributed by atoms with Crippen LogP contribution in [0.25, 0.3) is 0 Å². The third kappa shape index (κ3) is 7.14. The number of benzene rings is 2. The molecule has 1 saturated carbocycles. The van der Waals surface area contributed by atoms with Crippen LogP contribution in [0.5, 0.6) is 11.5 Å². The Morgan fingerprint density at radius 1 is 1.02 bits per heavy atom. The Labute approximate surface area is 240 Å². The average Bonchev–Trinajstić information content (AvgIpc) is 3.65. The summed E-state index contributed by atoms with van der Waals surface area (Å²) < 4.78 is 40.7. The zero-order chi connectivity index (χ0) is 28.0. The van der Waals surface area contributed by atoms with Gasteiger partial charge in [-0.25, -0.2) is 18.1 Å². The van der Waals surface area contributed by atoms with Crippen molar-refractivity contribution in [2.75, 3.05) is 44.0 Å². The van der Waals surface area contributed by atoms with Gasteiger partial charge in [0, 0.05) is 18.7 Å². The van der Waals surface area contributed by atoms with Crippen LogP contribution < -0.4 is 24.8 Å². The molecule has 1 aromatic heterocycles. The van der Waals surface area contributed by atoms with Gasteiger partial charge in [-0.05, 0) is 63.0 Å². The lowest BCUT2D eigenvalue weighted by atomic mass is 10.2. The summed E-state index contributed by atoms with van der Waals surface area (Å²) in [6.07, 6.45) is 7.68. The van der Waals surface area contributed by atoms with Crippen molar-refractivity contribution in [1.82, 2.24) is 19.6 Å². The number of ether oxygens (including phenoxy) is 2. The Kier molecular flexibility index (Phi) is 9.25. The number of likely N-dealkylation sites (tertiary alicyclic amines) is 1. The Morgan fingerprint density at radius 2 is 1.80 bits per heavy atom. The highest BCUT2D eigenvalue weighted by Crippen LogP contribution is 2.33. The van der Waals surface area contributed by atoms with Crippen LogP contribution in [0.3, 0.4) is 0 Å². The normalized spacial score (nSPS) is 16.2. The Hall–Kier alpha value is -3.12. The predicted molar refractivity (Wildman–Crippen MR) is 157 cm³/mol. The fourth-order valence-electron chi connectivity index (χ4n) is 5.07. The maximum Gasteiger partial charge on any atom is 0.242 e. The van der Waals surface area contributed by atoms with Crippen LogP contribution in [0.15, 0.2) is 53.6 Å². The molecule has 0 radical (unpaired) electrons. The molecule has 1 aliphatic carbocycles. The second-order valence-electron chi connectivity index (χ2n) is 10.00. The van der Waals surface area contributed by atoms with Crippen LogP contribution >= 0.6 is 11.6 Å². The second kappa shape index (κ2) is 13.0. The molecule has 2 aliphatic rings. The summed E-state index contributed by atoms with van der Waals surface area (Å²) in [5.74, 6) is 1.81. The third-order valence-electron chi connectivity index (χ3n) is 7.14. The Bertz CT molecular complexity index is 1410. The lowest BCUT2D eigenvalue weighted by Gasteiger charge is -2.17. The number of halogens is 1. The van der Waals surface area contributed by atoms with E-state index in [-0.39, 0.29) is 27.7 Å². The number of anilines is 4. The van der Waals surface area contributed by atoms with Crippen molar-refractivity contribution in [1.29, 1.82) is 0 Å². The van der Waals surface area contributed by atoms with E-state index in [0.717, 1.165) is 45.3 Å². The molecule has 1 aliphatic heterocycles. The van der Waals surface area contributed by atoms with Crippen LogP contribution in [0.4, 0.5) is 23.1 Å². The summed E-state index contributed by atoms with van der Waals surface area (Å²) in [5.41, 5.74) is 0.990. The minimum absolute atomic E-state index is 0.0496. The van der Waals surface area contributed by atoms with E-state index in [1.165, 1.54) is 19.0 Å². The van der Waals surface area contributed by atoms with Crippen molar-refractivity contribution in [2.45, 2.75) is 49.5 Å². The van der Waals surface area contributed by atoms with E-state index in [4.69, 9.17) is 21.1 Å². The molecule has 2 aromatic carbocycles. The molecule has 0 bridgehead atoms. The molecule has 2 fully saturated rings. The number of para-hydroxylation sites is 1. The van der Waals surface area contributed by atoms with Crippen molar-refractivity contribution in [3.05, 3.63) is 53.7 Å². The van der Waals surface area contributed by atoms with Gasteiger partial charge in [0.25, 0.3) is 0 Å². The number of rotatable bonds is 12. The first-order valence-electron chi connectivity index (χ1n) is 13.6. The van der Waals surface area contributed by atoms with E-state index in [1.807, 2.05) is 18.2 Å². The van der Waals surface area contributed by atoms with Gasteiger partial charge in [0.05, 0.1) is 24.7 Å². The van der Waals surface area contributed by atoms with Gasteiger partial charge in [0.15, 0.2) is 5.82 Å². The zero-order valence-electron chi connectivity index (χ0n) is 22.5. The number of sulfonamides is 1. The van der Waals surface area contributed by atoms with Gasteiger partial charge < -0.3 is 20.1 Å². The van der Waals surface area contributed by atoms with Crippen LogP contribution in [-0.2, 0) is 10.0 Å². The molecule has 5 rings (SSSR count). The molecule has 12 heteroatoms. The Morgan fingerprint density at radius 3 is 2.58 bits per heavy atom. The van der Waals surface area contributed by atoms with E-state index in [9.17, 15) is 8.42 Å². The lowest BCUT2D eigenvalue weighted by molar-refractivity contribution is 0.237. The first kappa shape index (κ1) is 28.4. The third-order valence-corrected chi connectivity index (χ3v) is 9.00. The summed E-state index contributed by atoms with van der Waals surface area (Å²) >= 11 is 6.42. The highest BCUT2D eigenvalue weighted by atomic mass is 35.5. The van der Waals surface area contributed by atoms with Crippen molar-refractivity contribution < 1.29 is 17.9 Å². The molecule has 10 nitrogen and oxygen atoms in total. The number of aromatic nitrogens is 2. The zero-order valence-corrected chi connectivity index (χ0v) is 24.1. The number of nitrogens with one attached hydrogen (secondary N) is 3. The molecule has 0 atom stereocenters. The monoisotopic (exact) mass is 586 g/mol. The van der Waals surface area contributed by atoms with E-state index in [0.29, 0.717) is 29.5 Å². The number of hydrogen-bond acceptors (Lipinski definition) is 9. The summed E-state index contributed by atoms with van der Waals surface area (Å²) in [7, 11) is -2.16. The molecular formula is C28H35ClN6O4S. The van der Waals surface area contributed by atoms with Gasteiger partial charge in [0.2, 0.25) is 16.0 Å². The molecule has 3 N–H and O–H groups in total. The minimum Gasteiger partial charge on any atom is -0.495 e. The van der Waals surface area contributed by atoms with E-state index in [1.54, 1.807) is 31.4 Å². The quantitative estimate of drug-likeness (QED) is 0.259. The number of nitrogens with zero attached hydrogens (tertiary/aromatic N) is 3. The van der Waals surface area contributed by atoms with E-state index < -0.39 is 10.0 Å². The van der Waals surface area contributed by atoms with E-state index in [2.05, 4.69) is 30.2 Å². The highest BCUT2D eigenvalue weighted by Gasteiger charge is 2.25. The van der Waals surface area contributed by atoms with Crippen molar-refractivity contribution in [3.63, 3.8) is 0 Å². The second-order valence-corrected chi connectivity index (χ2v) is 12.1. The van der Waals surface area contributed by atoms with Crippen molar-refractivity contribution in [3.8, 4) is 11.5 Å². The number of hydrogen-bond donors (Lipinski definition) is 3. The first-order valence-corrected chi connectivity index (χ1v) is 15.5. The molecule has 0 unspecified atom stereocenters. The minimum atomic E-state index is -3.74. The van der Waals surface area contributed by atoms with Gasteiger partial charge in [-0.1, -0.05) is 36.6 Å². The first-order chi connectivity index (χ1) is 19.4. The summed E-state index contributed by atoms with van der Waals surface area (Å²) in [4.78, 5) is 11.4. The van der Waals surface area contributed by atoms with Crippen molar-refractivity contribution >= 4 is 44.8 Å². The summed E-state index contributed by atoms with van der Waals surface area (Å²) in [6.45, 7) is 3.72. The molecule has 3 aromatic rings. The molecule has 40 heavy (non-hydrogen) atoms. The van der Waals surface area contributed by atoms with Crippen LogP contribution in [0.2, 0.25) is 5.02 Å². The molecule has 0 spiro atoms. The van der Waals surface area contributed by atoms with Gasteiger partial charge in [-0.2, -0.15) is 4.98 Å². The Balaban J connectivity index is 1.32. The fourth-order valence-corrected chi connectivity index (χ4v) is 6.67. The van der Waals surface area contributed by atoms with Gasteiger partial charge >= 0.3 is 0 Å². The fraction of sp³-hybridized carbons (Fsp3) is 0.429. The van der Waals surface area contributed by atoms with Gasteiger partial charge in [0.1, 0.15) is 28.0 Å². The predicted octanol–water partition coefficient (Wildman–Crippen LogP) is 5.32. The summed E-state index contributed by atoms with van der Waals surface area (Å²) in [6, 6.07) is 12.2. The van der Waals surface area contributed by atoms with Crippen LogP contribution in [-0.4, -0.2) is 62.7 Å². The largest absolute Gasteiger partial charge is 0.495 e. The van der Waals surface area contributed by atoms with Crippen molar-refractivity contribution in [2.24, 2.45) is 0 Å². The smallest absolute Gasteiger partial charge is 0.242 e. The lowest BCUT2D eigenvalue weighted by Crippen LogP contribution is -2.33. The van der Waals surface area contributed by atoms with Gasteiger partial charge in [-0.15, -0.1) is 0 Å². The molecule has 1 saturated heterocycles. The van der Waals surface area contributed by atoms with E-state index >= 15 is 0 Å². The summed E-state index contributed by atoms with van der Waals surface area (Å²) in [5, 5.41) is 6.51. The van der Waals surface area contributed by atoms with Gasteiger partial charge in [-0.3, -0.25) is 4.90 Å². The SMILES string of the molecule is COc1ccc(OCCN2CCCC2)cc1Nc1ncc(Cl)c(Nc2ccccc2S(=O)(=O)NC2CCCC2)n1. The maximum absolute atomic E-state index is 13.2. The highest BCUT2D eigenvalue weighted by molar-refractivity contribution is 7.89. The molecule has 2 heterocycles. The van der Waals surface area contributed by atoms with Crippen LogP contribution in [0, 0.1) is 0 Å². The topological polar surface area (TPSA) is 118 Å². The number of methoxy groups -OCH3 is 1. The maximum atomic E-state index is 13.2. The molecule has 0 amide bonds. The molecule has 214 valence electrons.